The molecule has 2 atom stereocenters. The zero-order chi connectivity index (χ0) is 14.0. The first-order valence-corrected chi connectivity index (χ1v) is 8.19. The molecule has 0 N–H and O–H groups in total. The topological polar surface area (TPSA) is 52.6 Å². The highest BCUT2D eigenvalue weighted by Crippen LogP contribution is 2.29. The minimum Gasteiger partial charge on any atom is -0.489 e. The number of rotatable bonds is 4. The van der Waals surface area contributed by atoms with Crippen LogP contribution in [0.4, 0.5) is 4.39 Å². The van der Waals surface area contributed by atoms with Gasteiger partial charge in [-0.15, -0.1) is 0 Å². The molecule has 0 bridgehead atoms. The van der Waals surface area contributed by atoms with Crippen LogP contribution < -0.4 is 4.74 Å². The van der Waals surface area contributed by atoms with E-state index < -0.39 is 14.9 Å². The van der Waals surface area contributed by atoms with Gasteiger partial charge in [-0.25, -0.2) is 12.8 Å². The number of halogens is 2. The zero-order valence-electron chi connectivity index (χ0n) is 10.3. The molecule has 2 rings (SSSR count). The molecule has 1 aromatic rings. The number of benzene rings is 1. The number of hydrogen-bond acceptors (Lipinski definition) is 4. The third-order valence-electron chi connectivity index (χ3n) is 2.91. The highest BCUT2D eigenvalue weighted by atomic mass is 35.7. The Labute approximate surface area is 115 Å². The van der Waals surface area contributed by atoms with Gasteiger partial charge in [0.05, 0.1) is 12.2 Å². The molecule has 4 nitrogen and oxygen atoms in total. The minimum absolute atomic E-state index is 0.0413. The second-order valence-corrected chi connectivity index (χ2v) is 7.02. The van der Waals surface area contributed by atoms with Gasteiger partial charge >= 0.3 is 0 Å². The van der Waals surface area contributed by atoms with Crippen molar-refractivity contribution >= 4 is 19.7 Å². The first kappa shape index (κ1) is 14.6. The summed E-state index contributed by atoms with van der Waals surface area (Å²) in [5.41, 5.74) is 0. The van der Waals surface area contributed by atoms with Crippen molar-refractivity contribution in [3.05, 3.63) is 24.0 Å². The van der Waals surface area contributed by atoms with Gasteiger partial charge in [-0.3, -0.25) is 0 Å². The van der Waals surface area contributed by atoms with E-state index in [1.165, 1.54) is 6.07 Å². The van der Waals surface area contributed by atoms with E-state index in [9.17, 15) is 12.8 Å². The summed E-state index contributed by atoms with van der Waals surface area (Å²) >= 11 is 0. The third kappa shape index (κ3) is 3.81. The highest BCUT2D eigenvalue weighted by Gasteiger charge is 2.24. The summed E-state index contributed by atoms with van der Waals surface area (Å²) in [6, 6.07) is 3.22. The number of ether oxygens (including phenoxy) is 2. The maximum atomic E-state index is 13.1. The van der Waals surface area contributed by atoms with Crippen LogP contribution >= 0.6 is 10.7 Å². The molecule has 1 aliphatic rings. The van der Waals surface area contributed by atoms with Gasteiger partial charge in [-0.1, -0.05) is 0 Å². The molecule has 2 unspecified atom stereocenters. The highest BCUT2D eigenvalue weighted by molar-refractivity contribution is 8.13. The van der Waals surface area contributed by atoms with Gasteiger partial charge in [-0.05, 0) is 38.0 Å². The predicted molar refractivity (Wildman–Crippen MR) is 68.5 cm³/mol. The molecule has 1 aliphatic heterocycles. The van der Waals surface area contributed by atoms with Gasteiger partial charge in [0.25, 0.3) is 9.05 Å². The van der Waals surface area contributed by atoms with Crippen LogP contribution in [0.1, 0.15) is 19.8 Å². The van der Waals surface area contributed by atoms with Crippen LogP contribution in [0.3, 0.4) is 0 Å². The quantitative estimate of drug-likeness (QED) is 0.803. The van der Waals surface area contributed by atoms with Crippen molar-refractivity contribution in [1.29, 1.82) is 0 Å². The van der Waals surface area contributed by atoms with Gasteiger partial charge in [0, 0.05) is 10.7 Å². The third-order valence-corrected chi connectivity index (χ3v) is 4.26. The van der Waals surface area contributed by atoms with Crippen LogP contribution in [0.25, 0.3) is 0 Å². The molecular weight excluding hydrogens is 295 g/mol. The molecule has 0 radical (unpaired) electrons. The molecule has 0 amide bonds. The predicted octanol–water partition coefficient (Wildman–Crippen LogP) is 2.70. The Bertz CT molecular complexity index is 561. The number of hydrogen-bond donors (Lipinski definition) is 0. The second kappa shape index (κ2) is 5.64. The van der Waals surface area contributed by atoms with E-state index in [1.807, 2.05) is 6.92 Å². The summed E-state index contributed by atoms with van der Waals surface area (Å²) in [6.45, 7) is 2.18. The Kier molecular flexibility index (Phi) is 4.32. The smallest absolute Gasteiger partial charge is 0.265 e. The molecule has 0 saturated carbocycles. The standard InChI is InChI=1S/C12H14ClFO4S/c1-8-2-4-10(18-8)7-17-11-5-3-9(14)6-12(11)19(13,15)16/h3,5-6,8,10H,2,4,7H2,1H3. The van der Waals surface area contributed by atoms with Crippen molar-refractivity contribution in [3.8, 4) is 5.75 Å². The van der Waals surface area contributed by atoms with Crippen molar-refractivity contribution in [3.63, 3.8) is 0 Å². The molecule has 0 aromatic heterocycles. The average Bonchev–Trinajstić information content (AvgIpc) is 2.72. The van der Waals surface area contributed by atoms with Crippen molar-refractivity contribution in [2.45, 2.75) is 36.9 Å². The Morgan fingerprint density at radius 3 is 2.79 bits per heavy atom. The molecule has 7 heteroatoms. The van der Waals surface area contributed by atoms with Crippen molar-refractivity contribution in [2.75, 3.05) is 6.61 Å². The summed E-state index contributed by atoms with van der Waals surface area (Å²) in [7, 11) is 1.20. The maximum absolute atomic E-state index is 13.1. The fourth-order valence-corrected chi connectivity index (χ4v) is 2.96. The van der Waals surface area contributed by atoms with E-state index in [1.54, 1.807) is 0 Å². The van der Waals surface area contributed by atoms with Crippen molar-refractivity contribution < 1.29 is 22.3 Å². The molecule has 1 saturated heterocycles. The lowest BCUT2D eigenvalue weighted by molar-refractivity contribution is 0.0258. The minimum atomic E-state index is -4.05. The molecule has 1 heterocycles. The SMILES string of the molecule is CC1CCC(COc2ccc(F)cc2S(=O)(=O)Cl)O1. The van der Waals surface area contributed by atoms with Gasteiger partial charge in [0.15, 0.2) is 0 Å². The Morgan fingerprint density at radius 1 is 1.47 bits per heavy atom. The summed E-state index contributed by atoms with van der Waals surface area (Å²) in [6.07, 6.45) is 1.90. The fourth-order valence-electron chi connectivity index (χ4n) is 1.98. The summed E-state index contributed by atoms with van der Waals surface area (Å²) < 4.78 is 46.7. The van der Waals surface area contributed by atoms with E-state index in [-0.39, 0.29) is 29.5 Å². The van der Waals surface area contributed by atoms with Gasteiger partial charge in [0.2, 0.25) is 0 Å². The summed E-state index contributed by atoms with van der Waals surface area (Å²) in [5, 5.41) is 0. The van der Waals surface area contributed by atoms with Crippen LogP contribution in [0, 0.1) is 5.82 Å². The molecule has 0 aliphatic carbocycles. The van der Waals surface area contributed by atoms with E-state index in [0.717, 1.165) is 25.0 Å². The van der Waals surface area contributed by atoms with E-state index in [2.05, 4.69) is 0 Å². The van der Waals surface area contributed by atoms with Gasteiger partial charge in [0.1, 0.15) is 23.1 Å². The lowest BCUT2D eigenvalue weighted by Gasteiger charge is -2.14. The molecular formula is C12H14ClFO4S. The molecule has 1 aromatic carbocycles. The van der Waals surface area contributed by atoms with Gasteiger partial charge in [-0.2, -0.15) is 0 Å². The molecule has 1 fully saturated rings. The lowest BCUT2D eigenvalue weighted by atomic mass is 10.2. The summed E-state index contributed by atoms with van der Waals surface area (Å²) in [4.78, 5) is -0.361. The first-order chi connectivity index (χ1) is 8.86. The lowest BCUT2D eigenvalue weighted by Crippen LogP contribution is -2.18. The van der Waals surface area contributed by atoms with Crippen molar-refractivity contribution in [1.82, 2.24) is 0 Å². The van der Waals surface area contributed by atoms with E-state index in [0.29, 0.717) is 0 Å². The fraction of sp³-hybridized carbons (Fsp3) is 0.500. The largest absolute Gasteiger partial charge is 0.489 e. The molecule has 106 valence electrons. The average molecular weight is 309 g/mol. The van der Waals surface area contributed by atoms with E-state index >= 15 is 0 Å². The van der Waals surface area contributed by atoms with Crippen molar-refractivity contribution in [2.24, 2.45) is 0 Å². The van der Waals surface area contributed by atoms with Crippen LogP contribution in [0.15, 0.2) is 23.1 Å². The second-order valence-electron chi connectivity index (χ2n) is 4.49. The maximum Gasteiger partial charge on any atom is 0.265 e. The van der Waals surface area contributed by atoms with Crippen LogP contribution in [0.2, 0.25) is 0 Å². The monoisotopic (exact) mass is 308 g/mol. The van der Waals surface area contributed by atoms with Crippen LogP contribution in [-0.4, -0.2) is 27.2 Å². The summed E-state index contributed by atoms with van der Waals surface area (Å²) in [5.74, 6) is -0.642. The Balaban J connectivity index is 2.12. The molecule has 0 spiro atoms. The zero-order valence-corrected chi connectivity index (χ0v) is 11.9. The van der Waals surface area contributed by atoms with Crippen LogP contribution in [-0.2, 0) is 13.8 Å². The van der Waals surface area contributed by atoms with E-state index in [4.69, 9.17) is 20.2 Å². The molecule has 19 heavy (non-hydrogen) atoms. The normalized spacial score (nSPS) is 23.5. The van der Waals surface area contributed by atoms with Gasteiger partial charge < -0.3 is 9.47 Å². The van der Waals surface area contributed by atoms with Crippen LogP contribution in [0.5, 0.6) is 5.75 Å². The first-order valence-electron chi connectivity index (χ1n) is 5.89. The Morgan fingerprint density at radius 2 is 2.21 bits per heavy atom. The Hall–Kier alpha value is -0.850.